The molecule has 7 heteroatoms. The van der Waals surface area contributed by atoms with Crippen molar-refractivity contribution >= 4 is 23.6 Å². The summed E-state index contributed by atoms with van der Waals surface area (Å²) >= 11 is 0. The fourth-order valence-electron chi connectivity index (χ4n) is 2.07. The molecule has 0 radical (unpaired) electrons. The molecule has 1 aliphatic rings. The Balaban J connectivity index is 1.96. The smallest absolute Gasteiger partial charge is 0.276 e. The fraction of sp³-hybridized carbons (Fsp3) is 0.286. The maximum atomic E-state index is 11.8. The second kappa shape index (κ2) is 6.65. The summed E-state index contributed by atoms with van der Waals surface area (Å²) < 4.78 is 0. The van der Waals surface area contributed by atoms with E-state index in [1.807, 2.05) is 0 Å². The van der Waals surface area contributed by atoms with Gasteiger partial charge in [-0.2, -0.15) is 0 Å². The van der Waals surface area contributed by atoms with Gasteiger partial charge in [0.25, 0.3) is 5.69 Å². The minimum atomic E-state index is -0.492. The van der Waals surface area contributed by atoms with E-state index in [0.29, 0.717) is 24.9 Å². The molecule has 1 aromatic rings. The highest BCUT2D eigenvalue weighted by atomic mass is 16.6. The van der Waals surface area contributed by atoms with Crippen LogP contribution in [0.1, 0.15) is 18.4 Å². The van der Waals surface area contributed by atoms with Gasteiger partial charge in [-0.05, 0) is 18.6 Å². The van der Waals surface area contributed by atoms with E-state index in [1.54, 1.807) is 18.2 Å². The number of nitro groups is 1. The van der Waals surface area contributed by atoms with Crippen LogP contribution in [-0.4, -0.2) is 29.3 Å². The van der Waals surface area contributed by atoms with Crippen molar-refractivity contribution in [1.29, 1.82) is 0 Å². The van der Waals surface area contributed by atoms with E-state index in [1.165, 1.54) is 18.2 Å². The summed E-state index contributed by atoms with van der Waals surface area (Å²) in [5.41, 5.74) is 0.320. The van der Waals surface area contributed by atoms with Crippen molar-refractivity contribution in [3.05, 3.63) is 46.0 Å². The van der Waals surface area contributed by atoms with Crippen molar-refractivity contribution in [3.63, 3.8) is 0 Å². The molecule has 7 nitrogen and oxygen atoms in total. The van der Waals surface area contributed by atoms with Crippen LogP contribution >= 0.6 is 0 Å². The molecule has 0 saturated carbocycles. The third-order valence-electron chi connectivity index (χ3n) is 3.16. The number of hydrogen-bond donors (Lipinski definition) is 2. The average Bonchev–Trinajstić information content (AvgIpc) is 2.48. The number of para-hydroxylation sites is 1. The SMILES string of the molecule is O=C(C=Cc1ccccc1[N+](=O)[O-])NC1CCC(=O)NC1. The molecule has 0 aromatic heterocycles. The molecule has 1 saturated heterocycles. The first kappa shape index (κ1) is 14.7. The highest BCUT2D eigenvalue weighted by molar-refractivity contribution is 5.92. The summed E-state index contributed by atoms with van der Waals surface area (Å²) in [6.45, 7) is 0.407. The zero-order valence-electron chi connectivity index (χ0n) is 11.2. The minimum Gasteiger partial charge on any atom is -0.354 e. The Morgan fingerprint density at radius 2 is 2.19 bits per heavy atom. The number of nitrogens with one attached hydrogen (secondary N) is 2. The van der Waals surface area contributed by atoms with Crippen molar-refractivity contribution in [2.24, 2.45) is 0 Å². The van der Waals surface area contributed by atoms with Gasteiger partial charge in [-0.25, -0.2) is 0 Å². The number of amides is 2. The Labute approximate surface area is 121 Å². The molecule has 0 spiro atoms. The minimum absolute atomic E-state index is 0.0176. The number of nitro benzene ring substituents is 1. The Morgan fingerprint density at radius 3 is 2.86 bits per heavy atom. The molecule has 1 atom stereocenters. The highest BCUT2D eigenvalue weighted by Gasteiger charge is 2.18. The maximum Gasteiger partial charge on any atom is 0.276 e. The number of carbonyl (C=O) groups is 2. The first-order chi connectivity index (χ1) is 10.1. The highest BCUT2D eigenvalue weighted by Crippen LogP contribution is 2.18. The lowest BCUT2D eigenvalue weighted by atomic mass is 10.1. The molecule has 110 valence electrons. The Hall–Kier alpha value is -2.70. The van der Waals surface area contributed by atoms with Crippen molar-refractivity contribution in [1.82, 2.24) is 10.6 Å². The van der Waals surface area contributed by atoms with Crippen LogP contribution in [0.25, 0.3) is 6.08 Å². The second-order valence-electron chi connectivity index (χ2n) is 4.70. The van der Waals surface area contributed by atoms with Gasteiger partial charge in [-0.1, -0.05) is 12.1 Å². The van der Waals surface area contributed by atoms with E-state index in [9.17, 15) is 19.7 Å². The van der Waals surface area contributed by atoms with Gasteiger partial charge in [-0.3, -0.25) is 19.7 Å². The standard InChI is InChI=1S/C14H15N3O4/c18-13-8-6-11(9-15-13)16-14(19)7-5-10-3-1-2-4-12(10)17(20)21/h1-5,7,11H,6,8-9H2,(H,15,18)(H,16,19). The summed E-state index contributed by atoms with van der Waals surface area (Å²) in [7, 11) is 0. The molecule has 2 rings (SSSR count). The van der Waals surface area contributed by atoms with Crippen LogP contribution in [-0.2, 0) is 9.59 Å². The summed E-state index contributed by atoms with van der Waals surface area (Å²) in [4.78, 5) is 33.1. The number of nitrogens with zero attached hydrogens (tertiary/aromatic N) is 1. The maximum absolute atomic E-state index is 11.8. The van der Waals surface area contributed by atoms with Gasteiger partial charge < -0.3 is 10.6 Å². The third-order valence-corrected chi connectivity index (χ3v) is 3.16. The van der Waals surface area contributed by atoms with Gasteiger partial charge in [0.15, 0.2) is 0 Å². The summed E-state index contributed by atoms with van der Waals surface area (Å²) in [6.07, 6.45) is 3.66. The van der Waals surface area contributed by atoms with Crippen LogP contribution in [0, 0.1) is 10.1 Å². The zero-order valence-corrected chi connectivity index (χ0v) is 11.2. The molecule has 2 amide bonds. The molecule has 21 heavy (non-hydrogen) atoms. The lowest BCUT2D eigenvalue weighted by Gasteiger charge is -2.22. The van der Waals surface area contributed by atoms with E-state index in [-0.39, 0.29) is 23.5 Å². The normalized spacial score (nSPS) is 18.3. The first-order valence-corrected chi connectivity index (χ1v) is 6.55. The van der Waals surface area contributed by atoms with Gasteiger partial charge in [0.2, 0.25) is 11.8 Å². The third kappa shape index (κ3) is 4.13. The average molecular weight is 289 g/mol. The topological polar surface area (TPSA) is 101 Å². The van der Waals surface area contributed by atoms with Crippen molar-refractivity contribution < 1.29 is 14.5 Å². The van der Waals surface area contributed by atoms with E-state index in [0.717, 1.165) is 0 Å². The van der Waals surface area contributed by atoms with Crippen LogP contribution in [0.3, 0.4) is 0 Å². The van der Waals surface area contributed by atoms with Gasteiger partial charge in [0.1, 0.15) is 0 Å². The van der Waals surface area contributed by atoms with E-state index in [2.05, 4.69) is 10.6 Å². The predicted molar refractivity (Wildman–Crippen MR) is 76.3 cm³/mol. The summed E-state index contributed by atoms with van der Waals surface area (Å²) in [6, 6.07) is 6.09. The number of carbonyl (C=O) groups excluding carboxylic acids is 2. The summed E-state index contributed by atoms with van der Waals surface area (Å²) in [5, 5.41) is 16.3. The van der Waals surface area contributed by atoms with Crippen molar-refractivity contribution in [3.8, 4) is 0 Å². The first-order valence-electron chi connectivity index (χ1n) is 6.55. The number of benzene rings is 1. The molecule has 1 aliphatic heterocycles. The van der Waals surface area contributed by atoms with Gasteiger partial charge in [0, 0.05) is 31.1 Å². The molecule has 1 heterocycles. The quantitative estimate of drug-likeness (QED) is 0.490. The Bertz CT molecular complexity index is 588. The van der Waals surface area contributed by atoms with Crippen molar-refractivity contribution in [2.75, 3.05) is 6.54 Å². The van der Waals surface area contributed by atoms with Crippen LogP contribution < -0.4 is 10.6 Å². The molecule has 1 fully saturated rings. The fourth-order valence-corrected chi connectivity index (χ4v) is 2.07. The summed E-state index contributed by atoms with van der Waals surface area (Å²) in [5.74, 6) is -0.356. The lowest BCUT2D eigenvalue weighted by molar-refractivity contribution is -0.385. The van der Waals surface area contributed by atoms with Crippen LogP contribution in [0.15, 0.2) is 30.3 Å². The number of rotatable bonds is 4. The molecule has 1 unspecified atom stereocenters. The van der Waals surface area contributed by atoms with E-state index >= 15 is 0 Å². The Morgan fingerprint density at radius 1 is 1.43 bits per heavy atom. The molecule has 2 N–H and O–H groups in total. The number of hydrogen-bond acceptors (Lipinski definition) is 4. The second-order valence-corrected chi connectivity index (χ2v) is 4.70. The van der Waals surface area contributed by atoms with Gasteiger partial charge in [0.05, 0.1) is 10.5 Å². The van der Waals surface area contributed by atoms with Crippen molar-refractivity contribution in [2.45, 2.75) is 18.9 Å². The monoisotopic (exact) mass is 289 g/mol. The number of piperidine rings is 1. The molecule has 0 aliphatic carbocycles. The van der Waals surface area contributed by atoms with Crippen LogP contribution in [0.4, 0.5) is 5.69 Å². The Kier molecular flexibility index (Phi) is 4.65. The largest absolute Gasteiger partial charge is 0.354 e. The predicted octanol–water partition coefficient (Wildman–Crippen LogP) is 1.00. The molecule has 1 aromatic carbocycles. The molecular formula is C14H15N3O4. The van der Waals surface area contributed by atoms with Crippen LogP contribution in [0.5, 0.6) is 0 Å². The van der Waals surface area contributed by atoms with E-state index < -0.39 is 4.92 Å². The van der Waals surface area contributed by atoms with E-state index in [4.69, 9.17) is 0 Å². The molecular weight excluding hydrogens is 274 g/mol. The van der Waals surface area contributed by atoms with Crippen LogP contribution in [0.2, 0.25) is 0 Å². The zero-order chi connectivity index (χ0) is 15.2. The molecule has 0 bridgehead atoms. The lowest BCUT2D eigenvalue weighted by Crippen LogP contribution is -2.47. The van der Waals surface area contributed by atoms with Gasteiger partial charge in [-0.15, -0.1) is 0 Å². The van der Waals surface area contributed by atoms with Gasteiger partial charge >= 0.3 is 0 Å².